The summed E-state index contributed by atoms with van der Waals surface area (Å²) in [7, 11) is 1.84. The third-order valence-corrected chi connectivity index (χ3v) is 3.79. The van der Waals surface area contributed by atoms with Crippen molar-refractivity contribution in [2.45, 2.75) is 69.5 Å². The molecule has 1 aliphatic carbocycles. The number of hydrogen-bond donors (Lipinski definition) is 1. The van der Waals surface area contributed by atoms with E-state index in [1.165, 1.54) is 6.42 Å². The lowest BCUT2D eigenvalue weighted by molar-refractivity contribution is -0.137. The van der Waals surface area contributed by atoms with Crippen molar-refractivity contribution in [2.75, 3.05) is 7.05 Å². The molecule has 2 nitrogen and oxygen atoms in total. The van der Waals surface area contributed by atoms with E-state index >= 15 is 0 Å². The fourth-order valence-corrected chi connectivity index (χ4v) is 2.70. The van der Waals surface area contributed by atoms with Crippen LogP contribution in [0.25, 0.3) is 0 Å². The molecule has 0 aromatic carbocycles. The molecule has 0 radical (unpaired) electrons. The summed E-state index contributed by atoms with van der Waals surface area (Å²) in [4.78, 5) is 11.8. The summed E-state index contributed by atoms with van der Waals surface area (Å²) in [5.74, 6) is -0.0458. The minimum atomic E-state index is -4.15. The average molecular weight is 265 g/mol. The standard InChI is InChI=1S/C13H22F3NO/c1-17-12(7-3-2-4-8-12)10-11(18)6-5-9-13(14,15)16/h17H,2-10H2,1H3. The van der Waals surface area contributed by atoms with Crippen LogP contribution in [-0.2, 0) is 4.79 Å². The van der Waals surface area contributed by atoms with Crippen molar-refractivity contribution in [3.63, 3.8) is 0 Å². The lowest BCUT2D eigenvalue weighted by Gasteiger charge is -2.36. The van der Waals surface area contributed by atoms with Gasteiger partial charge in [0.05, 0.1) is 0 Å². The summed E-state index contributed by atoms with van der Waals surface area (Å²) in [5.41, 5.74) is -0.159. The molecule has 0 aromatic heterocycles. The Morgan fingerprint density at radius 2 is 1.83 bits per heavy atom. The molecule has 18 heavy (non-hydrogen) atoms. The Kier molecular flexibility index (Phi) is 5.63. The maximum atomic E-state index is 12.0. The topological polar surface area (TPSA) is 29.1 Å². The van der Waals surface area contributed by atoms with Crippen molar-refractivity contribution in [3.8, 4) is 0 Å². The summed E-state index contributed by atoms with van der Waals surface area (Å²) in [6.45, 7) is 0. The van der Waals surface area contributed by atoms with Crippen LogP contribution in [0.3, 0.4) is 0 Å². The van der Waals surface area contributed by atoms with E-state index in [1.807, 2.05) is 7.05 Å². The summed E-state index contributed by atoms with van der Waals surface area (Å²) < 4.78 is 35.9. The van der Waals surface area contributed by atoms with Crippen molar-refractivity contribution < 1.29 is 18.0 Å². The monoisotopic (exact) mass is 265 g/mol. The maximum Gasteiger partial charge on any atom is 0.389 e. The summed E-state index contributed by atoms with van der Waals surface area (Å²) in [6.07, 6.45) is 0.617. The Morgan fingerprint density at radius 1 is 1.22 bits per heavy atom. The molecule has 0 atom stereocenters. The minimum absolute atomic E-state index is 0.0446. The number of nitrogens with one attached hydrogen (secondary N) is 1. The SMILES string of the molecule is CNC1(CC(=O)CCCC(F)(F)F)CCCCC1. The molecule has 1 aliphatic rings. The van der Waals surface area contributed by atoms with Crippen molar-refractivity contribution in [1.29, 1.82) is 0 Å². The van der Waals surface area contributed by atoms with Crippen LogP contribution in [0.4, 0.5) is 13.2 Å². The van der Waals surface area contributed by atoms with Gasteiger partial charge in [-0.1, -0.05) is 19.3 Å². The van der Waals surface area contributed by atoms with E-state index in [-0.39, 0.29) is 24.2 Å². The fraction of sp³-hybridized carbons (Fsp3) is 0.923. The highest BCUT2D eigenvalue weighted by Crippen LogP contribution is 2.31. The Morgan fingerprint density at radius 3 is 2.33 bits per heavy atom. The van der Waals surface area contributed by atoms with E-state index < -0.39 is 12.6 Å². The van der Waals surface area contributed by atoms with Crippen molar-refractivity contribution in [1.82, 2.24) is 5.32 Å². The number of carbonyl (C=O) groups is 1. The van der Waals surface area contributed by atoms with Gasteiger partial charge < -0.3 is 5.32 Å². The molecule has 0 aromatic rings. The number of alkyl halides is 3. The molecule has 1 fully saturated rings. The zero-order valence-corrected chi connectivity index (χ0v) is 10.9. The molecule has 1 N–H and O–H groups in total. The van der Waals surface area contributed by atoms with Gasteiger partial charge in [0, 0.05) is 24.8 Å². The quantitative estimate of drug-likeness (QED) is 0.795. The van der Waals surface area contributed by atoms with Gasteiger partial charge in [-0.15, -0.1) is 0 Å². The molecule has 1 rings (SSSR count). The highest BCUT2D eigenvalue weighted by atomic mass is 19.4. The number of carbonyl (C=O) groups excluding carboxylic acids is 1. The number of halogens is 3. The molecule has 0 saturated heterocycles. The Balaban J connectivity index is 2.33. The van der Waals surface area contributed by atoms with E-state index in [4.69, 9.17) is 0 Å². The molecule has 0 amide bonds. The number of hydrogen-bond acceptors (Lipinski definition) is 2. The van der Waals surface area contributed by atoms with Gasteiger partial charge in [0.15, 0.2) is 0 Å². The smallest absolute Gasteiger partial charge is 0.314 e. The van der Waals surface area contributed by atoms with E-state index in [2.05, 4.69) is 5.32 Å². The predicted molar refractivity (Wildman–Crippen MR) is 64.4 cm³/mol. The molecule has 1 saturated carbocycles. The second-order valence-corrected chi connectivity index (χ2v) is 5.28. The van der Waals surface area contributed by atoms with Crippen LogP contribution in [0.2, 0.25) is 0 Å². The van der Waals surface area contributed by atoms with E-state index in [9.17, 15) is 18.0 Å². The molecule has 0 heterocycles. The van der Waals surface area contributed by atoms with E-state index in [0.717, 1.165) is 25.7 Å². The third kappa shape index (κ3) is 5.38. The molecule has 0 spiro atoms. The normalized spacial score (nSPS) is 19.8. The zero-order chi connectivity index (χ0) is 13.6. The molecule has 0 bridgehead atoms. The molecular formula is C13H22F3NO. The van der Waals surface area contributed by atoms with E-state index in [0.29, 0.717) is 6.42 Å². The Bertz CT molecular complexity index is 270. The highest BCUT2D eigenvalue weighted by Gasteiger charge is 2.33. The number of ketones is 1. The second kappa shape index (κ2) is 6.55. The molecule has 106 valence electrons. The number of rotatable bonds is 6. The molecule has 5 heteroatoms. The zero-order valence-electron chi connectivity index (χ0n) is 10.9. The van der Waals surface area contributed by atoms with Crippen molar-refractivity contribution in [2.24, 2.45) is 0 Å². The first-order valence-corrected chi connectivity index (χ1v) is 6.64. The van der Waals surface area contributed by atoms with Crippen LogP contribution in [0.1, 0.15) is 57.8 Å². The maximum absolute atomic E-state index is 12.0. The van der Waals surface area contributed by atoms with Crippen LogP contribution < -0.4 is 5.32 Å². The van der Waals surface area contributed by atoms with E-state index in [1.54, 1.807) is 0 Å². The van der Waals surface area contributed by atoms with Gasteiger partial charge in [-0.2, -0.15) is 13.2 Å². The number of Topliss-reactive ketones (excluding diaryl/α,β-unsaturated/α-hetero) is 1. The van der Waals surface area contributed by atoms with Crippen LogP contribution >= 0.6 is 0 Å². The van der Waals surface area contributed by atoms with Crippen LogP contribution in [0, 0.1) is 0 Å². The largest absolute Gasteiger partial charge is 0.389 e. The minimum Gasteiger partial charge on any atom is -0.314 e. The van der Waals surface area contributed by atoms with Gasteiger partial charge in [-0.05, 0) is 26.3 Å². The van der Waals surface area contributed by atoms with Gasteiger partial charge in [0.1, 0.15) is 5.78 Å². The summed E-state index contributed by atoms with van der Waals surface area (Å²) >= 11 is 0. The molecular weight excluding hydrogens is 243 g/mol. The first-order valence-electron chi connectivity index (χ1n) is 6.64. The van der Waals surface area contributed by atoms with Gasteiger partial charge >= 0.3 is 6.18 Å². The van der Waals surface area contributed by atoms with Crippen molar-refractivity contribution in [3.05, 3.63) is 0 Å². The van der Waals surface area contributed by atoms with Gasteiger partial charge in [-0.3, -0.25) is 4.79 Å². The van der Waals surface area contributed by atoms with Gasteiger partial charge in [-0.25, -0.2) is 0 Å². The third-order valence-electron chi connectivity index (χ3n) is 3.79. The second-order valence-electron chi connectivity index (χ2n) is 5.28. The first kappa shape index (κ1) is 15.5. The van der Waals surface area contributed by atoms with Crippen LogP contribution in [-0.4, -0.2) is 24.5 Å². The molecule has 0 aliphatic heterocycles. The fourth-order valence-electron chi connectivity index (χ4n) is 2.70. The molecule has 0 unspecified atom stereocenters. The van der Waals surface area contributed by atoms with Crippen LogP contribution in [0.5, 0.6) is 0 Å². The average Bonchev–Trinajstić information content (AvgIpc) is 2.28. The van der Waals surface area contributed by atoms with Gasteiger partial charge in [0.25, 0.3) is 0 Å². The Hall–Kier alpha value is -0.580. The highest BCUT2D eigenvalue weighted by molar-refractivity contribution is 5.79. The summed E-state index contributed by atoms with van der Waals surface area (Å²) in [5, 5.41) is 3.21. The summed E-state index contributed by atoms with van der Waals surface area (Å²) in [6, 6.07) is 0. The lowest BCUT2D eigenvalue weighted by atomic mass is 9.78. The van der Waals surface area contributed by atoms with Crippen molar-refractivity contribution >= 4 is 5.78 Å². The van der Waals surface area contributed by atoms with Crippen LogP contribution in [0.15, 0.2) is 0 Å². The lowest BCUT2D eigenvalue weighted by Crippen LogP contribution is -2.46. The Labute approximate surface area is 106 Å². The first-order chi connectivity index (χ1) is 8.37. The predicted octanol–water partition coefficient (Wildman–Crippen LogP) is 3.60. The van der Waals surface area contributed by atoms with Gasteiger partial charge in [0.2, 0.25) is 0 Å².